The molecular weight excluding hydrogens is 442 g/mol. The lowest BCUT2D eigenvalue weighted by atomic mass is 10.0. The summed E-state index contributed by atoms with van der Waals surface area (Å²) in [5, 5.41) is 3.29. The summed E-state index contributed by atoms with van der Waals surface area (Å²) in [7, 11) is 0. The number of carbonyl (C=O) groups is 3. The molecule has 1 aliphatic rings. The predicted molar refractivity (Wildman–Crippen MR) is 122 cm³/mol. The third-order valence-electron chi connectivity index (χ3n) is 4.25. The Morgan fingerprint density at radius 3 is 2.24 bits per heavy atom. The summed E-state index contributed by atoms with van der Waals surface area (Å²) in [6, 6.07) is 11.1. The summed E-state index contributed by atoms with van der Waals surface area (Å²) < 4.78 is 16.2. The number of nitrogens with one attached hydrogen (secondary N) is 1. The van der Waals surface area contributed by atoms with E-state index in [2.05, 4.69) is 10.3 Å². The monoisotopic (exact) mass is 471 g/mol. The minimum Gasteiger partial charge on any atom is -0.444 e. The zero-order valence-electron chi connectivity index (χ0n) is 20.1. The molecule has 2 amide bonds. The molecule has 1 unspecified atom stereocenters. The van der Waals surface area contributed by atoms with Crippen LogP contribution >= 0.6 is 0 Å². The Morgan fingerprint density at radius 1 is 0.971 bits per heavy atom. The van der Waals surface area contributed by atoms with Crippen LogP contribution < -0.4 is 15.1 Å². The standard InChI is InChI=1S/C24H29N3O7/c1-23(2,3)32-21(29)26-17-14-16-18(27(20(17)28)34-22(30)33-24(4,5)6)12-13-19(25-16)31-15-10-8-7-9-11-15/h7-13,17H,14H2,1-6H3,(H,26,29). The number of amides is 2. The first-order chi connectivity index (χ1) is 15.8. The van der Waals surface area contributed by atoms with Gasteiger partial charge in [0.2, 0.25) is 5.88 Å². The van der Waals surface area contributed by atoms with Crippen LogP contribution in [0.5, 0.6) is 11.6 Å². The van der Waals surface area contributed by atoms with Crippen LogP contribution in [0.3, 0.4) is 0 Å². The number of alkyl carbamates (subject to hydrolysis) is 1. The van der Waals surface area contributed by atoms with Crippen molar-refractivity contribution in [1.82, 2.24) is 10.3 Å². The molecule has 10 heteroatoms. The van der Waals surface area contributed by atoms with Crippen LogP contribution in [0, 0.1) is 0 Å². The normalized spacial score (nSPS) is 15.8. The zero-order chi connectivity index (χ0) is 25.1. The number of fused-ring (bicyclic) bond motifs is 1. The van der Waals surface area contributed by atoms with Crippen molar-refractivity contribution >= 4 is 23.8 Å². The van der Waals surface area contributed by atoms with E-state index in [4.69, 9.17) is 19.0 Å². The minimum atomic E-state index is -1.09. The van der Waals surface area contributed by atoms with Gasteiger partial charge in [-0.3, -0.25) is 9.63 Å². The summed E-state index contributed by atoms with van der Waals surface area (Å²) >= 11 is 0. The number of pyridine rings is 1. The van der Waals surface area contributed by atoms with Gasteiger partial charge >= 0.3 is 12.2 Å². The third-order valence-corrected chi connectivity index (χ3v) is 4.25. The second kappa shape index (κ2) is 9.58. The molecule has 2 aromatic rings. The lowest BCUT2D eigenvalue weighted by Crippen LogP contribution is -2.54. The predicted octanol–water partition coefficient (Wildman–Crippen LogP) is 4.52. The van der Waals surface area contributed by atoms with Crippen molar-refractivity contribution in [1.29, 1.82) is 0 Å². The van der Waals surface area contributed by atoms with E-state index in [1.165, 1.54) is 0 Å². The number of hydroxylamine groups is 1. The van der Waals surface area contributed by atoms with Gasteiger partial charge in [0.05, 0.1) is 5.69 Å². The second-order valence-corrected chi connectivity index (χ2v) is 9.62. The Bertz CT molecular complexity index is 1060. The van der Waals surface area contributed by atoms with Crippen molar-refractivity contribution in [2.45, 2.75) is 65.2 Å². The fourth-order valence-electron chi connectivity index (χ4n) is 3.02. The second-order valence-electron chi connectivity index (χ2n) is 9.62. The van der Waals surface area contributed by atoms with E-state index in [1.807, 2.05) is 18.2 Å². The Morgan fingerprint density at radius 2 is 1.62 bits per heavy atom. The van der Waals surface area contributed by atoms with E-state index in [0.717, 1.165) is 5.06 Å². The van der Waals surface area contributed by atoms with Crippen molar-refractivity contribution in [3.8, 4) is 11.6 Å². The highest BCUT2D eigenvalue weighted by Crippen LogP contribution is 2.31. The van der Waals surface area contributed by atoms with Gasteiger partial charge < -0.3 is 19.5 Å². The van der Waals surface area contributed by atoms with Crippen molar-refractivity contribution in [3.63, 3.8) is 0 Å². The molecule has 182 valence electrons. The van der Waals surface area contributed by atoms with Crippen LogP contribution in [-0.2, 0) is 25.5 Å². The Hall–Kier alpha value is -3.82. The summed E-state index contributed by atoms with van der Waals surface area (Å²) in [5.74, 6) is 0.169. The summed E-state index contributed by atoms with van der Waals surface area (Å²) in [6.07, 6.45) is -1.83. The fraction of sp³-hybridized carbons (Fsp3) is 0.417. The van der Waals surface area contributed by atoms with E-state index in [9.17, 15) is 14.4 Å². The molecular formula is C24H29N3O7. The number of anilines is 1. The Labute approximate surface area is 198 Å². The zero-order valence-corrected chi connectivity index (χ0v) is 20.1. The van der Waals surface area contributed by atoms with Gasteiger partial charge in [-0.15, -0.1) is 5.06 Å². The maximum absolute atomic E-state index is 13.1. The van der Waals surface area contributed by atoms with Crippen LogP contribution in [0.15, 0.2) is 42.5 Å². The largest absolute Gasteiger partial charge is 0.534 e. The molecule has 1 aliphatic heterocycles. The SMILES string of the molecule is CC(C)(C)OC(=O)NC1Cc2nc(Oc3ccccc3)ccc2N(OC(=O)OC(C)(C)C)C1=O. The third kappa shape index (κ3) is 6.84. The summed E-state index contributed by atoms with van der Waals surface area (Å²) in [6.45, 7) is 10.1. The number of ether oxygens (including phenoxy) is 3. The average Bonchev–Trinajstić information content (AvgIpc) is 2.69. The number of benzene rings is 1. The molecule has 0 fully saturated rings. The fourth-order valence-corrected chi connectivity index (χ4v) is 3.02. The van der Waals surface area contributed by atoms with Crippen LogP contribution in [0.25, 0.3) is 0 Å². The number of para-hydroxylation sites is 1. The first kappa shape index (κ1) is 24.8. The maximum Gasteiger partial charge on any atom is 0.534 e. The Kier molecular flexibility index (Phi) is 6.99. The number of aromatic nitrogens is 1. The van der Waals surface area contributed by atoms with Crippen LogP contribution in [-0.4, -0.2) is 40.4 Å². The number of rotatable bonds is 4. The summed E-state index contributed by atoms with van der Waals surface area (Å²) in [4.78, 5) is 47.5. The van der Waals surface area contributed by atoms with E-state index >= 15 is 0 Å². The molecule has 34 heavy (non-hydrogen) atoms. The van der Waals surface area contributed by atoms with Crippen LogP contribution in [0.1, 0.15) is 47.2 Å². The molecule has 0 bridgehead atoms. The molecule has 1 N–H and O–H groups in total. The highest BCUT2D eigenvalue weighted by molar-refractivity contribution is 6.00. The molecule has 1 atom stereocenters. The topological polar surface area (TPSA) is 116 Å². The molecule has 1 aromatic carbocycles. The molecule has 0 spiro atoms. The Balaban J connectivity index is 1.89. The van der Waals surface area contributed by atoms with Gasteiger partial charge in [-0.1, -0.05) is 18.2 Å². The lowest BCUT2D eigenvalue weighted by Gasteiger charge is -2.32. The van der Waals surface area contributed by atoms with Gasteiger partial charge in [-0.2, -0.15) is 0 Å². The molecule has 0 saturated carbocycles. The van der Waals surface area contributed by atoms with Gasteiger partial charge in [0.25, 0.3) is 5.91 Å². The highest BCUT2D eigenvalue weighted by Gasteiger charge is 2.39. The van der Waals surface area contributed by atoms with E-state index < -0.39 is 35.4 Å². The first-order valence-electron chi connectivity index (χ1n) is 10.8. The van der Waals surface area contributed by atoms with E-state index in [1.54, 1.807) is 65.8 Å². The molecule has 0 saturated heterocycles. The van der Waals surface area contributed by atoms with Gasteiger partial charge in [0.1, 0.15) is 28.7 Å². The van der Waals surface area contributed by atoms with E-state index in [-0.39, 0.29) is 18.0 Å². The lowest BCUT2D eigenvalue weighted by molar-refractivity contribution is -0.128. The van der Waals surface area contributed by atoms with E-state index in [0.29, 0.717) is 11.4 Å². The van der Waals surface area contributed by atoms with Gasteiger partial charge in [0.15, 0.2) is 0 Å². The number of hydrogen-bond acceptors (Lipinski definition) is 8. The van der Waals surface area contributed by atoms with Crippen molar-refractivity contribution < 1.29 is 33.4 Å². The van der Waals surface area contributed by atoms with Crippen LogP contribution in [0.4, 0.5) is 15.3 Å². The average molecular weight is 472 g/mol. The molecule has 10 nitrogen and oxygen atoms in total. The molecule has 1 aromatic heterocycles. The minimum absolute atomic E-state index is 0.0353. The smallest absolute Gasteiger partial charge is 0.444 e. The van der Waals surface area contributed by atoms with Crippen molar-refractivity contribution in [2.24, 2.45) is 0 Å². The molecule has 3 rings (SSSR count). The van der Waals surface area contributed by atoms with Gasteiger partial charge in [0, 0.05) is 12.5 Å². The number of carbonyl (C=O) groups excluding carboxylic acids is 3. The highest BCUT2D eigenvalue weighted by atomic mass is 16.8. The number of hydrogen-bond donors (Lipinski definition) is 1. The molecule has 0 radical (unpaired) electrons. The van der Waals surface area contributed by atoms with Crippen LogP contribution in [0.2, 0.25) is 0 Å². The first-order valence-corrected chi connectivity index (χ1v) is 10.8. The van der Waals surface area contributed by atoms with Gasteiger partial charge in [-0.25, -0.2) is 14.6 Å². The summed E-state index contributed by atoms with van der Waals surface area (Å²) in [5.41, 5.74) is -0.990. The quantitative estimate of drug-likeness (QED) is 0.647. The maximum atomic E-state index is 13.1. The van der Waals surface area contributed by atoms with Crippen molar-refractivity contribution in [3.05, 3.63) is 48.2 Å². The van der Waals surface area contributed by atoms with Crippen molar-refractivity contribution in [2.75, 3.05) is 5.06 Å². The molecule has 0 aliphatic carbocycles. The number of nitrogens with zero attached hydrogens (tertiary/aromatic N) is 2. The van der Waals surface area contributed by atoms with Gasteiger partial charge in [-0.05, 0) is 59.7 Å². The molecule has 2 heterocycles.